The molecule has 0 radical (unpaired) electrons. The van der Waals surface area contributed by atoms with Crippen molar-refractivity contribution in [3.63, 3.8) is 0 Å². The predicted molar refractivity (Wildman–Crippen MR) is 135 cm³/mol. The lowest BCUT2D eigenvalue weighted by molar-refractivity contribution is -0.116. The maximum absolute atomic E-state index is 13.5. The van der Waals surface area contributed by atoms with Crippen molar-refractivity contribution in [3.05, 3.63) is 88.9 Å². The van der Waals surface area contributed by atoms with E-state index in [2.05, 4.69) is 20.9 Å². The third kappa shape index (κ3) is 4.34. The Balaban J connectivity index is 1.50. The molecule has 3 aromatic carbocycles. The summed E-state index contributed by atoms with van der Waals surface area (Å²) in [6.45, 7) is 1.92. The van der Waals surface area contributed by atoms with Crippen LogP contribution in [0.5, 0.6) is 5.75 Å². The molecule has 0 bridgehead atoms. The number of anilines is 1. The van der Waals surface area contributed by atoms with Gasteiger partial charge in [-0.2, -0.15) is 0 Å². The number of aromatic nitrogens is 3. The van der Waals surface area contributed by atoms with Crippen molar-refractivity contribution in [2.45, 2.75) is 23.4 Å². The Morgan fingerprint density at radius 2 is 1.85 bits per heavy atom. The molecule has 172 valence electrons. The van der Waals surface area contributed by atoms with E-state index < -0.39 is 5.25 Å². The molecule has 2 atom stereocenters. The Kier molecular flexibility index (Phi) is 6.17. The van der Waals surface area contributed by atoms with E-state index in [-0.39, 0.29) is 11.9 Å². The molecule has 1 aliphatic rings. The molecule has 2 heterocycles. The van der Waals surface area contributed by atoms with Crippen LogP contribution in [-0.4, -0.2) is 33.1 Å². The van der Waals surface area contributed by atoms with Crippen molar-refractivity contribution in [3.8, 4) is 17.1 Å². The molecular formula is C25H22ClN5O2S. The average Bonchev–Trinajstić information content (AvgIpc) is 3.29. The number of fused-ring (bicyclic) bond motifs is 1. The van der Waals surface area contributed by atoms with Crippen LogP contribution < -0.4 is 15.5 Å². The van der Waals surface area contributed by atoms with Gasteiger partial charge in [0.2, 0.25) is 11.1 Å². The van der Waals surface area contributed by atoms with E-state index in [0.29, 0.717) is 21.7 Å². The molecule has 9 heteroatoms. The summed E-state index contributed by atoms with van der Waals surface area (Å²) in [5.74, 6) is 1.28. The Morgan fingerprint density at radius 3 is 2.56 bits per heavy atom. The number of benzene rings is 3. The smallest absolute Gasteiger partial charge is 0.240 e. The zero-order valence-corrected chi connectivity index (χ0v) is 20.1. The van der Waals surface area contributed by atoms with Crippen LogP contribution in [-0.2, 0) is 4.79 Å². The summed E-state index contributed by atoms with van der Waals surface area (Å²) in [4.78, 5) is 13.5. The lowest BCUT2D eigenvalue weighted by atomic mass is 10.0. The number of methoxy groups -OCH3 is 1. The van der Waals surface area contributed by atoms with Crippen LogP contribution in [0.25, 0.3) is 11.4 Å². The van der Waals surface area contributed by atoms with Gasteiger partial charge in [0.15, 0.2) is 5.82 Å². The topological polar surface area (TPSA) is 81.1 Å². The van der Waals surface area contributed by atoms with E-state index in [4.69, 9.17) is 16.3 Å². The maximum atomic E-state index is 13.5. The molecule has 1 aromatic heterocycles. The van der Waals surface area contributed by atoms with Gasteiger partial charge in [-0.25, -0.2) is 4.68 Å². The Bertz CT molecular complexity index is 1330. The van der Waals surface area contributed by atoms with Crippen LogP contribution >= 0.6 is 23.4 Å². The van der Waals surface area contributed by atoms with Crippen LogP contribution in [0.1, 0.15) is 17.2 Å². The van der Waals surface area contributed by atoms with Crippen molar-refractivity contribution in [1.82, 2.24) is 14.9 Å². The van der Waals surface area contributed by atoms with Gasteiger partial charge in [0.05, 0.1) is 13.2 Å². The average molecular weight is 492 g/mol. The Labute approximate surface area is 206 Å². The van der Waals surface area contributed by atoms with Crippen LogP contribution in [0.15, 0.2) is 78.0 Å². The van der Waals surface area contributed by atoms with Crippen molar-refractivity contribution in [2.75, 3.05) is 17.9 Å². The Hall–Kier alpha value is -3.49. The number of hydrogen-bond acceptors (Lipinski definition) is 6. The molecule has 2 N–H and O–H groups in total. The summed E-state index contributed by atoms with van der Waals surface area (Å²) in [6, 6.07) is 22.6. The number of hydrogen-bond donors (Lipinski definition) is 2. The molecule has 0 aliphatic carbocycles. The van der Waals surface area contributed by atoms with E-state index in [9.17, 15) is 4.79 Å². The largest absolute Gasteiger partial charge is 0.497 e. The zero-order valence-electron chi connectivity index (χ0n) is 18.5. The number of nitrogens with zero attached hydrogens (tertiary/aromatic N) is 3. The van der Waals surface area contributed by atoms with Gasteiger partial charge in [-0.05, 0) is 42.3 Å². The van der Waals surface area contributed by atoms with E-state index in [1.165, 1.54) is 11.8 Å². The second-order valence-corrected chi connectivity index (χ2v) is 9.40. The van der Waals surface area contributed by atoms with Gasteiger partial charge in [0.1, 0.15) is 11.0 Å². The normalized spacial score (nSPS) is 16.9. The van der Waals surface area contributed by atoms with E-state index in [1.807, 2.05) is 78.3 Å². The van der Waals surface area contributed by atoms with E-state index in [0.717, 1.165) is 22.4 Å². The summed E-state index contributed by atoms with van der Waals surface area (Å²) in [5.41, 5.74) is 6.94. The fraction of sp³-hybridized carbons (Fsp3) is 0.160. The summed E-state index contributed by atoms with van der Waals surface area (Å²) >= 11 is 7.63. The van der Waals surface area contributed by atoms with Crippen LogP contribution in [0.3, 0.4) is 0 Å². The molecule has 0 fully saturated rings. The highest BCUT2D eigenvalue weighted by Crippen LogP contribution is 2.39. The molecule has 0 saturated heterocycles. The zero-order chi connectivity index (χ0) is 23.7. The quantitative estimate of drug-likeness (QED) is 0.393. The predicted octanol–water partition coefficient (Wildman–Crippen LogP) is 5.31. The number of halogens is 1. The molecular weight excluding hydrogens is 470 g/mol. The minimum atomic E-state index is -0.506. The van der Waals surface area contributed by atoms with Crippen LogP contribution in [0, 0.1) is 6.92 Å². The van der Waals surface area contributed by atoms with Gasteiger partial charge in [0.25, 0.3) is 0 Å². The number of amides is 1. The molecule has 0 spiro atoms. The van der Waals surface area contributed by atoms with Crippen molar-refractivity contribution in [2.24, 2.45) is 0 Å². The van der Waals surface area contributed by atoms with E-state index >= 15 is 0 Å². The molecule has 1 amide bonds. The maximum Gasteiger partial charge on any atom is 0.240 e. The summed E-state index contributed by atoms with van der Waals surface area (Å²) in [6.07, 6.45) is 0. The molecule has 7 nitrogen and oxygen atoms in total. The van der Waals surface area contributed by atoms with Gasteiger partial charge < -0.3 is 15.5 Å². The number of rotatable bonds is 5. The van der Waals surface area contributed by atoms with Gasteiger partial charge in [-0.15, -0.1) is 10.2 Å². The van der Waals surface area contributed by atoms with Gasteiger partial charge in [-0.1, -0.05) is 71.9 Å². The fourth-order valence-corrected chi connectivity index (χ4v) is 5.03. The van der Waals surface area contributed by atoms with Gasteiger partial charge in [-0.3, -0.25) is 4.79 Å². The van der Waals surface area contributed by atoms with Crippen LogP contribution in [0.2, 0.25) is 5.02 Å². The highest BCUT2D eigenvalue weighted by atomic mass is 35.5. The number of carbonyl (C=O) groups excluding carboxylic acids is 1. The molecule has 0 unspecified atom stereocenters. The molecule has 4 aromatic rings. The number of thioether (sulfide) groups is 1. The first kappa shape index (κ1) is 22.3. The Morgan fingerprint density at radius 1 is 1.09 bits per heavy atom. The minimum Gasteiger partial charge on any atom is -0.497 e. The van der Waals surface area contributed by atoms with Crippen molar-refractivity contribution < 1.29 is 9.53 Å². The fourth-order valence-electron chi connectivity index (χ4n) is 3.77. The monoisotopic (exact) mass is 491 g/mol. The first-order valence-electron chi connectivity index (χ1n) is 10.7. The number of aryl methyl sites for hydroxylation is 1. The van der Waals surface area contributed by atoms with Crippen LogP contribution in [0.4, 0.5) is 5.69 Å². The second-order valence-electron chi connectivity index (χ2n) is 7.88. The molecule has 34 heavy (non-hydrogen) atoms. The third-order valence-electron chi connectivity index (χ3n) is 5.64. The number of carbonyl (C=O) groups is 1. The molecule has 5 rings (SSSR count). The van der Waals surface area contributed by atoms with Gasteiger partial charge >= 0.3 is 0 Å². The molecule has 1 aliphatic heterocycles. The highest BCUT2D eigenvalue weighted by Gasteiger charge is 2.38. The van der Waals surface area contributed by atoms with Crippen molar-refractivity contribution >= 4 is 35.0 Å². The summed E-state index contributed by atoms with van der Waals surface area (Å²) < 4.78 is 7.16. The second kappa shape index (κ2) is 9.40. The summed E-state index contributed by atoms with van der Waals surface area (Å²) in [5, 5.41) is 12.4. The number of ether oxygens (including phenoxy) is 1. The SMILES string of the molecule is COc1ccc([C@@H]2Nn3c(nnc3-c3ccccc3)S[C@H]2C(=O)Nc2ccc(C)c(Cl)c2)cc1. The number of nitrogens with one attached hydrogen (secondary N) is 2. The van der Waals surface area contributed by atoms with E-state index in [1.54, 1.807) is 13.2 Å². The summed E-state index contributed by atoms with van der Waals surface area (Å²) in [7, 11) is 1.63. The first-order valence-corrected chi connectivity index (χ1v) is 11.9. The standard InChI is InChI=1S/C25H22ClN5O2S/c1-15-8-11-18(14-20(15)26)27-24(32)22-21(16-9-12-19(33-2)13-10-16)30-31-23(28-29-25(31)34-22)17-6-4-3-5-7-17/h3-14,21-22,30H,1-2H3,(H,27,32)/t21-,22+/m0/s1. The van der Waals surface area contributed by atoms with Gasteiger partial charge in [0, 0.05) is 16.3 Å². The lowest BCUT2D eigenvalue weighted by Crippen LogP contribution is -2.41. The highest BCUT2D eigenvalue weighted by molar-refractivity contribution is 8.00. The first-order chi connectivity index (χ1) is 16.5. The molecule has 0 saturated carbocycles. The minimum absolute atomic E-state index is 0.159. The third-order valence-corrected chi connectivity index (χ3v) is 7.26. The lowest BCUT2D eigenvalue weighted by Gasteiger charge is -2.33. The van der Waals surface area contributed by atoms with Crippen molar-refractivity contribution in [1.29, 1.82) is 0 Å².